The van der Waals surface area contributed by atoms with E-state index in [9.17, 15) is 0 Å². The molecule has 0 heterocycles. The fraction of sp³-hybridized carbons (Fsp3) is 0.714. The van der Waals surface area contributed by atoms with Gasteiger partial charge in [0, 0.05) is 6.04 Å². The zero-order valence-corrected chi connectivity index (χ0v) is 5.25. The zero-order chi connectivity index (χ0) is 6.27. The van der Waals surface area contributed by atoms with Gasteiger partial charge in [-0.1, -0.05) is 12.2 Å². The third kappa shape index (κ3) is 0.635. The molecule has 3 atom stereocenters. The Labute approximate surface area is 54.5 Å². The number of hydrogen-bond donors (Lipinski definition) is 2. The van der Waals surface area contributed by atoms with Gasteiger partial charge in [-0.15, -0.1) is 0 Å². The molecule has 0 bridgehead atoms. The molecule has 2 aliphatic rings. The minimum Gasteiger partial charge on any atom is -0.317 e. The topological polar surface area (TPSA) is 32.3 Å². The first-order valence-electron chi connectivity index (χ1n) is 3.48. The quantitative estimate of drug-likeness (QED) is 0.403. The van der Waals surface area contributed by atoms with Crippen LogP contribution in [0.3, 0.4) is 0 Å². The van der Waals surface area contributed by atoms with Crippen molar-refractivity contribution in [2.75, 3.05) is 0 Å². The summed E-state index contributed by atoms with van der Waals surface area (Å²) in [6.45, 7) is 0. The van der Waals surface area contributed by atoms with E-state index in [1.165, 1.54) is 6.42 Å². The lowest BCUT2D eigenvalue weighted by atomic mass is 9.72. The molecule has 3 unspecified atom stereocenters. The molecule has 2 nitrogen and oxygen atoms in total. The first kappa shape index (κ1) is 5.45. The monoisotopic (exact) mass is 125 g/mol. The fourth-order valence-electron chi connectivity index (χ4n) is 1.87. The van der Waals surface area contributed by atoms with E-state index in [0.717, 1.165) is 12.3 Å². The molecule has 2 N–H and O–H groups in total. The van der Waals surface area contributed by atoms with Crippen LogP contribution in [0.1, 0.15) is 12.8 Å². The largest absolute Gasteiger partial charge is 0.317 e. The maximum absolute atomic E-state index is 8.55. The summed E-state index contributed by atoms with van der Waals surface area (Å²) in [5.74, 6) is 1.48. The van der Waals surface area contributed by atoms with Gasteiger partial charge < -0.3 is 5.21 Å². The van der Waals surface area contributed by atoms with E-state index in [1.54, 1.807) is 0 Å². The second kappa shape index (κ2) is 1.82. The van der Waals surface area contributed by atoms with Gasteiger partial charge in [-0.2, -0.15) is 0 Å². The lowest BCUT2D eigenvalue weighted by molar-refractivity contribution is 0.0307. The highest BCUT2D eigenvalue weighted by Crippen LogP contribution is 2.42. The van der Waals surface area contributed by atoms with Crippen molar-refractivity contribution in [3.8, 4) is 0 Å². The minimum atomic E-state index is 0.355. The van der Waals surface area contributed by atoms with E-state index >= 15 is 0 Å². The summed E-state index contributed by atoms with van der Waals surface area (Å²) in [6.07, 6.45) is 6.80. The lowest BCUT2D eigenvalue weighted by Gasteiger charge is -2.38. The molecule has 0 aromatic rings. The van der Waals surface area contributed by atoms with Crippen LogP contribution in [-0.2, 0) is 0 Å². The predicted molar refractivity (Wildman–Crippen MR) is 34.1 cm³/mol. The van der Waals surface area contributed by atoms with Crippen LogP contribution in [-0.4, -0.2) is 11.2 Å². The standard InChI is InChI=1S/C7H11NO/c9-8-7-4-5-2-1-3-6(5)7/h1,3,5-9H,2,4H2. The third-order valence-corrected chi connectivity index (χ3v) is 2.53. The molecular formula is C7H11NO. The van der Waals surface area contributed by atoms with Gasteiger partial charge in [0.15, 0.2) is 0 Å². The summed E-state index contributed by atoms with van der Waals surface area (Å²) >= 11 is 0. The van der Waals surface area contributed by atoms with Gasteiger partial charge in [-0.25, -0.2) is 5.48 Å². The number of hydrogen-bond acceptors (Lipinski definition) is 2. The molecule has 0 radical (unpaired) electrons. The first-order chi connectivity index (χ1) is 4.42. The summed E-state index contributed by atoms with van der Waals surface area (Å²) in [4.78, 5) is 0. The van der Waals surface area contributed by atoms with Crippen LogP contribution in [0, 0.1) is 11.8 Å². The Kier molecular flexibility index (Phi) is 1.10. The molecule has 2 heteroatoms. The average molecular weight is 125 g/mol. The highest BCUT2D eigenvalue weighted by molar-refractivity contribution is 5.12. The van der Waals surface area contributed by atoms with Gasteiger partial charge >= 0.3 is 0 Å². The zero-order valence-electron chi connectivity index (χ0n) is 5.25. The molecule has 0 saturated heterocycles. The lowest BCUT2D eigenvalue weighted by Crippen LogP contribution is -2.46. The van der Waals surface area contributed by atoms with Crippen molar-refractivity contribution in [3.63, 3.8) is 0 Å². The van der Waals surface area contributed by atoms with Crippen molar-refractivity contribution in [1.29, 1.82) is 0 Å². The molecule has 0 aliphatic heterocycles. The van der Waals surface area contributed by atoms with Crippen molar-refractivity contribution in [2.24, 2.45) is 11.8 Å². The highest BCUT2D eigenvalue weighted by Gasteiger charge is 2.40. The molecule has 2 rings (SSSR count). The number of rotatable bonds is 1. The maximum atomic E-state index is 8.55. The van der Waals surface area contributed by atoms with E-state index in [2.05, 4.69) is 17.6 Å². The van der Waals surface area contributed by atoms with E-state index in [1.807, 2.05) is 0 Å². The van der Waals surface area contributed by atoms with Crippen LogP contribution in [0.5, 0.6) is 0 Å². The van der Waals surface area contributed by atoms with Gasteiger partial charge in [0.25, 0.3) is 0 Å². The molecule has 0 amide bonds. The molecule has 1 saturated carbocycles. The SMILES string of the molecule is ONC1CC2CC=CC21. The summed E-state index contributed by atoms with van der Waals surface area (Å²) in [5.41, 5.74) is 2.32. The minimum absolute atomic E-state index is 0.355. The number of allylic oxidation sites excluding steroid dienone is 1. The average Bonchev–Trinajstić information content (AvgIpc) is 2.14. The summed E-state index contributed by atoms with van der Waals surface area (Å²) in [7, 11) is 0. The van der Waals surface area contributed by atoms with Gasteiger partial charge in [0.05, 0.1) is 0 Å². The highest BCUT2D eigenvalue weighted by atomic mass is 16.5. The molecule has 0 spiro atoms. The van der Waals surface area contributed by atoms with Gasteiger partial charge in [-0.05, 0) is 24.7 Å². The second-order valence-electron chi connectivity index (χ2n) is 2.97. The van der Waals surface area contributed by atoms with Crippen molar-refractivity contribution in [3.05, 3.63) is 12.2 Å². The van der Waals surface area contributed by atoms with E-state index < -0.39 is 0 Å². The van der Waals surface area contributed by atoms with E-state index in [0.29, 0.717) is 12.0 Å². The molecular weight excluding hydrogens is 114 g/mol. The predicted octanol–water partition coefficient (Wildman–Crippen LogP) is 0.930. The van der Waals surface area contributed by atoms with Crippen LogP contribution in [0.4, 0.5) is 0 Å². The van der Waals surface area contributed by atoms with Gasteiger partial charge in [0.1, 0.15) is 0 Å². The number of nitrogens with one attached hydrogen (secondary N) is 1. The van der Waals surface area contributed by atoms with Crippen molar-refractivity contribution in [2.45, 2.75) is 18.9 Å². The van der Waals surface area contributed by atoms with Crippen molar-refractivity contribution in [1.82, 2.24) is 5.48 Å². The fourth-order valence-corrected chi connectivity index (χ4v) is 1.87. The molecule has 0 aromatic carbocycles. The Balaban J connectivity index is 2.00. The summed E-state index contributed by atoms with van der Waals surface area (Å²) in [5, 5.41) is 8.55. The van der Waals surface area contributed by atoms with Crippen LogP contribution >= 0.6 is 0 Å². The first-order valence-corrected chi connectivity index (χ1v) is 3.48. The Morgan fingerprint density at radius 3 is 3.11 bits per heavy atom. The van der Waals surface area contributed by atoms with Crippen LogP contribution < -0.4 is 5.48 Å². The normalized spacial score (nSPS) is 46.6. The molecule has 1 fully saturated rings. The molecule has 0 aromatic heterocycles. The van der Waals surface area contributed by atoms with Crippen LogP contribution in [0.2, 0.25) is 0 Å². The van der Waals surface area contributed by atoms with E-state index in [4.69, 9.17) is 5.21 Å². The van der Waals surface area contributed by atoms with E-state index in [-0.39, 0.29) is 0 Å². The Hall–Kier alpha value is -0.340. The number of hydroxylamine groups is 1. The Bertz CT molecular complexity index is 144. The van der Waals surface area contributed by atoms with Gasteiger partial charge in [0.2, 0.25) is 0 Å². The van der Waals surface area contributed by atoms with Gasteiger partial charge in [-0.3, -0.25) is 0 Å². The van der Waals surface area contributed by atoms with Crippen LogP contribution in [0.15, 0.2) is 12.2 Å². The smallest absolute Gasteiger partial charge is 0.0388 e. The molecule has 2 aliphatic carbocycles. The molecule has 50 valence electrons. The Morgan fingerprint density at radius 2 is 2.44 bits per heavy atom. The second-order valence-corrected chi connectivity index (χ2v) is 2.97. The number of fused-ring (bicyclic) bond motifs is 1. The Morgan fingerprint density at radius 1 is 1.56 bits per heavy atom. The van der Waals surface area contributed by atoms with Crippen molar-refractivity contribution >= 4 is 0 Å². The van der Waals surface area contributed by atoms with Crippen LogP contribution in [0.25, 0.3) is 0 Å². The third-order valence-electron chi connectivity index (χ3n) is 2.53. The molecule has 9 heavy (non-hydrogen) atoms. The summed E-state index contributed by atoms with van der Waals surface area (Å²) < 4.78 is 0. The van der Waals surface area contributed by atoms with Crippen molar-refractivity contribution < 1.29 is 5.21 Å². The maximum Gasteiger partial charge on any atom is 0.0388 e. The summed E-state index contributed by atoms with van der Waals surface area (Å²) in [6, 6.07) is 0.355.